The van der Waals surface area contributed by atoms with Crippen LogP contribution in [0.15, 0.2) is 59.9 Å². The largest absolute Gasteiger partial charge is 1.00 e. The number of nitrogens with zero attached hydrogens (tertiary/aromatic N) is 2. The molecule has 2 aromatic carbocycles. The summed E-state index contributed by atoms with van der Waals surface area (Å²) >= 11 is 0. The first kappa shape index (κ1) is 46.8. The summed E-state index contributed by atoms with van der Waals surface area (Å²) in [5, 5.41) is 36.4. The van der Waals surface area contributed by atoms with Crippen LogP contribution in [0.25, 0.3) is 11.1 Å². The van der Waals surface area contributed by atoms with Gasteiger partial charge in [-0.15, -0.1) is 0 Å². The Bertz CT molecular complexity index is 2050. The average molecular weight is 825 g/mol. The van der Waals surface area contributed by atoms with Gasteiger partial charge in [0.2, 0.25) is 30.4 Å². The van der Waals surface area contributed by atoms with Crippen molar-refractivity contribution in [2.75, 3.05) is 20.9 Å². The summed E-state index contributed by atoms with van der Waals surface area (Å²) in [7, 11) is 3.13. The van der Waals surface area contributed by atoms with Crippen molar-refractivity contribution in [2.45, 2.75) is 84.6 Å². The van der Waals surface area contributed by atoms with Gasteiger partial charge in [0.15, 0.2) is 0 Å². The van der Waals surface area contributed by atoms with Crippen LogP contribution in [0.1, 0.15) is 69.7 Å². The van der Waals surface area contributed by atoms with Gasteiger partial charge in [-0.05, 0) is 80.9 Å². The second-order valence-electron chi connectivity index (χ2n) is 15.8. The molecule has 2 fully saturated rings. The normalized spacial score (nSPS) is 21.4. The Labute approximate surface area is 364 Å². The number of likely N-dealkylation sites (N-methyl/N-ethyl adjacent to an activating group) is 2. The van der Waals surface area contributed by atoms with E-state index in [1.54, 1.807) is 90.3 Å². The fourth-order valence-electron chi connectivity index (χ4n) is 7.65. The smallest absolute Gasteiger partial charge is 0.543 e. The van der Waals surface area contributed by atoms with Gasteiger partial charge >= 0.3 is 41.5 Å². The maximum atomic E-state index is 12.9. The number of aliphatic carboxylic acids is 1. The van der Waals surface area contributed by atoms with Gasteiger partial charge in [-0.2, -0.15) is 0 Å². The SMILES string of the molecule is CNC(=O)Cc1ccc(C2=C(C(=O)OCOC(=O)C(C)(C)C)N3C(=O)[C@H]([C@@H](C)O)[C@H]3C2)cc1.CNC(=O)Cc1ccc(C2=C(C(=O)[O-])N3C(=O)[C@H]([C@@H](C)O)[C@H]3C2)cc1.[Na+]. The molecular formula is C42H49N4NaO12. The van der Waals surface area contributed by atoms with Gasteiger partial charge in [-0.25, -0.2) is 4.79 Å². The molecule has 310 valence electrons. The Morgan fingerprint density at radius 3 is 1.47 bits per heavy atom. The third-order valence-corrected chi connectivity index (χ3v) is 10.7. The number of aliphatic hydroxyl groups excluding tert-OH is 2. The van der Waals surface area contributed by atoms with Crippen LogP contribution in [-0.2, 0) is 55.9 Å². The van der Waals surface area contributed by atoms with Gasteiger partial charge in [0.05, 0.1) is 66.1 Å². The molecule has 4 amide bonds. The van der Waals surface area contributed by atoms with Crippen molar-refractivity contribution in [3.8, 4) is 0 Å². The quantitative estimate of drug-likeness (QED) is 0.0750. The molecule has 2 aromatic rings. The standard InChI is InChI=1S/C24H30N2O7.C18H20N2O5.Na/c1-13(27)19-17-11-16(15-8-6-14(7-9-15)10-18(28)25-5)20(26(17)21(19)29)22(30)32-12-33-23(31)24(2,3)4;1-9(21)15-13-8-12(16(18(24)25)20(13)17(15)23)11-5-3-10(4-6-11)7-14(22)19-2;/h6-9,13,17,19,27H,10-12H2,1-5H3,(H,25,28);3-6,9,13,15,21H,7-8H2,1-2H3,(H,19,22)(H,24,25);/q;;+1/p-1/t13-,17-,19-;9-,13-,15-;/m11./s1. The zero-order chi connectivity index (χ0) is 42.8. The molecule has 0 unspecified atom stereocenters. The van der Waals surface area contributed by atoms with Crippen LogP contribution in [0.5, 0.6) is 0 Å². The Kier molecular flexibility index (Phi) is 15.1. The average Bonchev–Trinajstić information content (AvgIpc) is 3.68. The molecule has 4 aliphatic heterocycles. The minimum atomic E-state index is -1.40. The molecule has 0 spiro atoms. The van der Waals surface area contributed by atoms with Crippen molar-refractivity contribution >= 4 is 52.7 Å². The molecule has 4 N–H and O–H groups in total. The molecule has 2 saturated heterocycles. The predicted octanol–water partition coefficient (Wildman–Crippen LogP) is -2.56. The number of rotatable bonds is 12. The fourth-order valence-corrected chi connectivity index (χ4v) is 7.65. The van der Waals surface area contributed by atoms with E-state index in [9.17, 15) is 48.9 Å². The van der Waals surface area contributed by atoms with Gasteiger partial charge in [-0.3, -0.25) is 24.0 Å². The topological polar surface area (TPSA) is 232 Å². The Balaban J connectivity index is 0.000000265. The number of nitrogens with one attached hydrogen (secondary N) is 2. The molecule has 0 aliphatic carbocycles. The molecule has 6 atom stereocenters. The van der Waals surface area contributed by atoms with Gasteiger partial charge in [0.1, 0.15) is 5.70 Å². The van der Waals surface area contributed by atoms with E-state index in [2.05, 4.69) is 10.6 Å². The third kappa shape index (κ3) is 9.79. The number of hydrogen-bond donors (Lipinski definition) is 4. The van der Waals surface area contributed by atoms with E-state index in [0.29, 0.717) is 35.1 Å². The Morgan fingerprint density at radius 1 is 0.729 bits per heavy atom. The number of carbonyl (C=O) groups excluding carboxylic acids is 7. The fraction of sp³-hybridized carbons (Fsp3) is 0.452. The van der Waals surface area contributed by atoms with Crippen LogP contribution in [0.4, 0.5) is 0 Å². The van der Waals surface area contributed by atoms with Crippen LogP contribution < -0.4 is 45.3 Å². The molecule has 0 aromatic heterocycles. The third-order valence-electron chi connectivity index (χ3n) is 10.7. The molecule has 0 bridgehead atoms. The summed E-state index contributed by atoms with van der Waals surface area (Å²) < 4.78 is 10.2. The van der Waals surface area contributed by atoms with Crippen molar-refractivity contribution in [1.29, 1.82) is 0 Å². The maximum Gasteiger partial charge on any atom is 1.00 e. The van der Waals surface area contributed by atoms with Crippen molar-refractivity contribution in [1.82, 2.24) is 20.4 Å². The zero-order valence-electron chi connectivity index (χ0n) is 34.5. The van der Waals surface area contributed by atoms with Gasteiger partial charge < -0.3 is 50.0 Å². The minimum absolute atomic E-state index is 0. The monoisotopic (exact) mass is 824 g/mol. The van der Waals surface area contributed by atoms with E-state index in [0.717, 1.165) is 11.1 Å². The Morgan fingerprint density at radius 2 is 1.12 bits per heavy atom. The molecule has 0 saturated carbocycles. The van der Waals surface area contributed by atoms with E-state index < -0.39 is 54.2 Å². The van der Waals surface area contributed by atoms with Crippen LogP contribution >= 0.6 is 0 Å². The molecule has 0 radical (unpaired) electrons. The summed E-state index contributed by atoms with van der Waals surface area (Å²) in [5.74, 6) is -4.84. The van der Waals surface area contributed by atoms with Crippen molar-refractivity contribution < 1.29 is 87.9 Å². The molecule has 4 aliphatic rings. The van der Waals surface area contributed by atoms with Crippen LogP contribution in [0, 0.1) is 17.3 Å². The first-order chi connectivity index (χ1) is 27.3. The molecule has 59 heavy (non-hydrogen) atoms. The van der Waals surface area contributed by atoms with E-state index >= 15 is 0 Å². The van der Waals surface area contributed by atoms with Gasteiger partial charge in [-0.1, -0.05) is 48.5 Å². The summed E-state index contributed by atoms with van der Waals surface area (Å²) in [5.41, 5.74) is 3.34. The van der Waals surface area contributed by atoms with Crippen molar-refractivity contribution in [3.63, 3.8) is 0 Å². The molecule has 17 heteroatoms. The number of benzene rings is 2. The zero-order valence-corrected chi connectivity index (χ0v) is 36.5. The van der Waals surface area contributed by atoms with Gasteiger partial charge in [0.25, 0.3) is 0 Å². The van der Waals surface area contributed by atoms with Crippen molar-refractivity contribution in [3.05, 3.63) is 82.2 Å². The predicted molar refractivity (Wildman–Crippen MR) is 205 cm³/mol. The number of carboxylic acids is 1. The second kappa shape index (κ2) is 19.0. The molecule has 16 nitrogen and oxygen atoms in total. The number of ether oxygens (including phenoxy) is 2. The van der Waals surface area contributed by atoms with Crippen LogP contribution in [-0.4, -0.2) is 107 Å². The summed E-state index contributed by atoms with van der Waals surface area (Å²) in [6, 6.07) is 13.4. The number of amides is 4. The number of aliphatic hydroxyl groups is 2. The summed E-state index contributed by atoms with van der Waals surface area (Å²) in [6.45, 7) is 7.56. The first-order valence-electron chi connectivity index (χ1n) is 18.9. The molecule has 6 rings (SSSR count). The second-order valence-corrected chi connectivity index (χ2v) is 15.8. The maximum absolute atomic E-state index is 12.9. The minimum Gasteiger partial charge on any atom is -0.543 e. The first-order valence-corrected chi connectivity index (χ1v) is 18.9. The molecule has 4 heterocycles. The number of β-lactam (4-membered cyclic amide) rings is 2. The van der Waals surface area contributed by atoms with E-state index in [1.807, 2.05) is 0 Å². The van der Waals surface area contributed by atoms with Gasteiger partial charge in [0, 0.05) is 14.1 Å². The summed E-state index contributed by atoms with van der Waals surface area (Å²) in [4.78, 5) is 86.9. The van der Waals surface area contributed by atoms with Crippen molar-refractivity contribution in [2.24, 2.45) is 17.3 Å². The summed E-state index contributed by atoms with van der Waals surface area (Å²) in [6.07, 6.45) is -0.479. The number of esters is 2. The van der Waals surface area contributed by atoms with E-state index in [4.69, 9.17) is 9.47 Å². The Hall–Kier alpha value is -4.87. The van der Waals surface area contributed by atoms with Crippen LogP contribution in [0.3, 0.4) is 0 Å². The number of carboxylic acid groups (broad SMARTS) is 1. The molecular weight excluding hydrogens is 775 g/mol. The van der Waals surface area contributed by atoms with E-state index in [1.165, 1.54) is 16.7 Å². The number of carbonyl (C=O) groups is 7. The number of fused-ring (bicyclic) bond motifs is 2. The number of hydrogen-bond acceptors (Lipinski definition) is 12. The van der Waals surface area contributed by atoms with Crippen LogP contribution in [0.2, 0.25) is 0 Å². The van der Waals surface area contributed by atoms with E-state index in [-0.39, 0.29) is 89.5 Å².